The normalized spacial score (nSPS) is 12.5. The molecule has 0 aliphatic heterocycles. The lowest BCUT2D eigenvalue weighted by molar-refractivity contribution is 0.456. The maximum absolute atomic E-state index is 5.99. The fourth-order valence-corrected chi connectivity index (χ4v) is 2.42. The summed E-state index contributed by atoms with van der Waals surface area (Å²) in [5.41, 5.74) is 7.74. The van der Waals surface area contributed by atoms with Crippen LogP contribution < -0.4 is 10.5 Å². The van der Waals surface area contributed by atoms with Gasteiger partial charge in [-0.25, -0.2) is 0 Å². The van der Waals surface area contributed by atoms with Gasteiger partial charge in [0.05, 0.1) is 5.69 Å². The highest BCUT2D eigenvalue weighted by atomic mass is 35.5. The van der Waals surface area contributed by atoms with Crippen molar-refractivity contribution in [1.82, 2.24) is 9.38 Å². The summed E-state index contributed by atoms with van der Waals surface area (Å²) in [6, 6.07) is 13.1. The summed E-state index contributed by atoms with van der Waals surface area (Å²) in [5.74, 6) is 1.23. The van der Waals surface area contributed by atoms with Gasteiger partial charge in [-0.15, -0.1) is 0 Å². The predicted molar refractivity (Wildman–Crippen MR) is 84.1 cm³/mol. The quantitative estimate of drug-likeness (QED) is 0.800. The standard InChI is InChI=1S/C16H16ClN3O/c1-11(18)9-14-16(19-15-7-2-3-8-20(14)15)21-13-6-4-5-12(17)10-13/h2-8,10-11H,9,18H2,1H3. The maximum atomic E-state index is 5.99. The van der Waals surface area contributed by atoms with E-state index in [1.54, 1.807) is 12.1 Å². The van der Waals surface area contributed by atoms with Gasteiger partial charge < -0.3 is 14.9 Å². The SMILES string of the molecule is CC(N)Cc1c(Oc2cccc(Cl)c2)nc2ccccn12. The second-order valence-electron chi connectivity index (χ2n) is 5.03. The molecule has 2 heterocycles. The average molecular weight is 302 g/mol. The van der Waals surface area contributed by atoms with E-state index in [-0.39, 0.29) is 6.04 Å². The minimum Gasteiger partial charge on any atom is -0.437 e. The molecule has 21 heavy (non-hydrogen) atoms. The van der Waals surface area contributed by atoms with Gasteiger partial charge in [-0.05, 0) is 37.3 Å². The number of aromatic nitrogens is 2. The summed E-state index contributed by atoms with van der Waals surface area (Å²) in [6.45, 7) is 1.96. The van der Waals surface area contributed by atoms with Crippen molar-refractivity contribution in [2.24, 2.45) is 5.73 Å². The molecule has 5 heteroatoms. The van der Waals surface area contributed by atoms with Gasteiger partial charge in [0, 0.05) is 23.7 Å². The van der Waals surface area contributed by atoms with Crippen LogP contribution >= 0.6 is 11.6 Å². The number of nitrogens with two attached hydrogens (primary N) is 1. The molecule has 0 amide bonds. The Kier molecular flexibility index (Phi) is 3.82. The van der Waals surface area contributed by atoms with Crippen molar-refractivity contribution in [2.45, 2.75) is 19.4 Å². The molecule has 3 rings (SSSR count). The lowest BCUT2D eigenvalue weighted by Gasteiger charge is -2.09. The van der Waals surface area contributed by atoms with E-state index in [0.717, 1.165) is 11.3 Å². The fraction of sp³-hybridized carbons (Fsp3) is 0.188. The van der Waals surface area contributed by atoms with Crippen LogP contribution in [0.3, 0.4) is 0 Å². The first-order valence-electron chi connectivity index (χ1n) is 6.78. The smallest absolute Gasteiger partial charge is 0.241 e. The van der Waals surface area contributed by atoms with Crippen LogP contribution in [-0.2, 0) is 6.42 Å². The monoisotopic (exact) mass is 301 g/mol. The van der Waals surface area contributed by atoms with Crippen molar-refractivity contribution in [3.63, 3.8) is 0 Å². The highest BCUT2D eigenvalue weighted by Gasteiger charge is 2.15. The van der Waals surface area contributed by atoms with Crippen LogP contribution in [0.5, 0.6) is 11.6 Å². The third kappa shape index (κ3) is 3.01. The molecule has 2 N–H and O–H groups in total. The van der Waals surface area contributed by atoms with Gasteiger partial charge in [-0.3, -0.25) is 0 Å². The summed E-state index contributed by atoms with van der Waals surface area (Å²) in [4.78, 5) is 4.53. The molecule has 3 aromatic rings. The van der Waals surface area contributed by atoms with Crippen molar-refractivity contribution in [3.8, 4) is 11.6 Å². The van der Waals surface area contributed by atoms with Gasteiger partial charge in [-0.1, -0.05) is 23.7 Å². The van der Waals surface area contributed by atoms with E-state index in [0.29, 0.717) is 23.1 Å². The number of hydrogen-bond acceptors (Lipinski definition) is 3. The Morgan fingerprint density at radius 2 is 2.14 bits per heavy atom. The lowest BCUT2D eigenvalue weighted by atomic mass is 10.2. The Morgan fingerprint density at radius 1 is 1.29 bits per heavy atom. The van der Waals surface area contributed by atoms with Crippen molar-refractivity contribution in [1.29, 1.82) is 0 Å². The van der Waals surface area contributed by atoms with E-state index in [1.165, 1.54) is 0 Å². The molecule has 2 aromatic heterocycles. The van der Waals surface area contributed by atoms with Crippen LogP contribution in [-0.4, -0.2) is 15.4 Å². The molecule has 4 nitrogen and oxygen atoms in total. The second kappa shape index (κ2) is 5.76. The number of hydrogen-bond donors (Lipinski definition) is 1. The summed E-state index contributed by atoms with van der Waals surface area (Å²) < 4.78 is 7.91. The minimum atomic E-state index is 0.0202. The number of halogens is 1. The number of fused-ring (bicyclic) bond motifs is 1. The van der Waals surface area contributed by atoms with Crippen LogP contribution in [0.15, 0.2) is 48.7 Å². The van der Waals surface area contributed by atoms with Crippen LogP contribution in [0, 0.1) is 0 Å². The predicted octanol–water partition coefficient (Wildman–Crippen LogP) is 3.67. The third-order valence-electron chi connectivity index (χ3n) is 3.12. The van der Waals surface area contributed by atoms with Gasteiger partial charge in [0.1, 0.15) is 11.4 Å². The van der Waals surface area contributed by atoms with E-state index in [2.05, 4.69) is 4.98 Å². The van der Waals surface area contributed by atoms with Gasteiger partial charge in [0.25, 0.3) is 0 Å². The topological polar surface area (TPSA) is 52.5 Å². The summed E-state index contributed by atoms with van der Waals surface area (Å²) in [7, 11) is 0. The first-order chi connectivity index (χ1) is 10.1. The molecule has 0 saturated heterocycles. The Balaban J connectivity index is 2.04. The van der Waals surface area contributed by atoms with Gasteiger partial charge in [0.2, 0.25) is 5.88 Å². The van der Waals surface area contributed by atoms with E-state index >= 15 is 0 Å². The summed E-state index contributed by atoms with van der Waals surface area (Å²) in [6.07, 6.45) is 2.64. The molecule has 0 aliphatic carbocycles. The molecule has 1 atom stereocenters. The van der Waals surface area contributed by atoms with Crippen LogP contribution in [0.1, 0.15) is 12.6 Å². The first kappa shape index (κ1) is 13.9. The van der Waals surface area contributed by atoms with E-state index in [4.69, 9.17) is 22.1 Å². The molecule has 0 saturated carbocycles. The molecule has 1 aromatic carbocycles. The van der Waals surface area contributed by atoms with Crippen molar-refractivity contribution in [2.75, 3.05) is 0 Å². The number of ether oxygens (including phenoxy) is 1. The molecule has 0 spiro atoms. The highest BCUT2D eigenvalue weighted by molar-refractivity contribution is 6.30. The Morgan fingerprint density at radius 3 is 2.90 bits per heavy atom. The van der Waals surface area contributed by atoms with E-state index in [9.17, 15) is 0 Å². The number of rotatable bonds is 4. The minimum absolute atomic E-state index is 0.0202. The molecule has 0 fully saturated rings. The summed E-state index contributed by atoms with van der Waals surface area (Å²) >= 11 is 5.99. The Bertz CT molecular complexity index is 767. The molecule has 0 bridgehead atoms. The zero-order valence-corrected chi connectivity index (χ0v) is 12.4. The molecular weight excluding hydrogens is 286 g/mol. The number of pyridine rings is 1. The largest absolute Gasteiger partial charge is 0.437 e. The molecule has 1 unspecified atom stereocenters. The number of nitrogens with zero attached hydrogens (tertiary/aromatic N) is 2. The van der Waals surface area contributed by atoms with Gasteiger partial charge in [-0.2, -0.15) is 4.98 Å². The van der Waals surface area contributed by atoms with E-state index in [1.807, 2.05) is 47.9 Å². The first-order valence-corrected chi connectivity index (χ1v) is 7.16. The van der Waals surface area contributed by atoms with Crippen molar-refractivity contribution in [3.05, 3.63) is 59.4 Å². The zero-order chi connectivity index (χ0) is 14.8. The van der Waals surface area contributed by atoms with E-state index < -0.39 is 0 Å². The van der Waals surface area contributed by atoms with Crippen LogP contribution in [0.25, 0.3) is 5.65 Å². The number of imidazole rings is 1. The average Bonchev–Trinajstić information content (AvgIpc) is 2.76. The molecular formula is C16H16ClN3O. The molecule has 0 radical (unpaired) electrons. The second-order valence-corrected chi connectivity index (χ2v) is 5.47. The molecule has 0 aliphatic rings. The third-order valence-corrected chi connectivity index (χ3v) is 3.35. The zero-order valence-electron chi connectivity index (χ0n) is 11.7. The van der Waals surface area contributed by atoms with Gasteiger partial charge >= 0.3 is 0 Å². The molecule has 108 valence electrons. The van der Waals surface area contributed by atoms with Crippen LogP contribution in [0.2, 0.25) is 5.02 Å². The van der Waals surface area contributed by atoms with Crippen molar-refractivity contribution >= 4 is 17.2 Å². The highest BCUT2D eigenvalue weighted by Crippen LogP contribution is 2.28. The maximum Gasteiger partial charge on any atom is 0.241 e. The number of benzene rings is 1. The summed E-state index contributed by atoms with van der Waals surface area (Å²) in [5, 5.41) is 0.630. The fourth-order valence-electron chi connectivity index (χ4n) is 2.24. The Hall–Kier alpha value is -2.04. The van der Waals surface area contributed by atoms with Crippen LogP contribution in [0.4, 0.5) is 0 Å². The lowest BCUT2D eigenvalue weighted by Crippen LogP contribution is -2.19. The van der Waals surface area contributed by atoms with Crippen molar-refractivity contribution < 1.29 is 4.74 Å². The Labute approximate surface area is 128 Å². The van der Waals surface area contributed by atoms with Gasteiger partial charge in [0.15, 0.2) is 0 Å².